The van der Waals surface area contributed by atoms with Crippen LogP contribution < -0.4 is 0 Å². The number of carboxylic acids is 4. The Morgan fingerprint density at radius 3 is 0.277 bits per heavy atom. The first-order valence-electron chi connectivity index (χ1n) is 17.9. The van der Waals surface area contributed by atoms with Crippen molar-refractivity contribution < 1.29 is 142 Å². The fourth-order valence-corrected chi connectivity index (χ4v) is 1.50. The van der Waals surface area contributed by atoms with E-state index in [0.717, 1.165) is 24.3 Å². The average Bonchev–Trinajstić information content (AvgIpc) is 3.35. The number of hydrogen-bond donors (Lipinski definition) is 24. The zero-order chi connectivity index (χ0) is 53.8. The fourth-order valence-electron chi connectivity index (χ4n) is 1.50. The molecule has 0 aliphatic rings. The van der Waals surface area contributed by atoms with Gasteiger partial charge in [0.2, 0.25) is 0 Å². The van der Waals surface area contributed by atoms with Gasteiger partial charge in [-0.05, 0) is 0 Å². The third-order valence-electron chi connectivity index (χ3n) is 7.41. The van der Waals surface area contributed by atoms with E-state index >= 15 is 0 Å². The number of hydrogen-bond acceptors (Lipinski definition) is 24. The highest BCUT2D eigenvalue weighted by atomic mass is 16.4. The summed E-state index contributed by atoms with van der Waals surface area (Å²) in [7, 11) is 0. The molecule has 0 fully saturated rings. The van der Waals surface area contributed by atoms with Crippen LogP contribution in [0, 0.1) is 27.1 Å². The second kappa shape index (κ2) is 54.4. The highest BCUT2D eigenvalue weighted by Crippen LogP contribution is 2.14. The monoisotopic (exact) mass is 968 g/mol. The molecule has 0 bridgehead atoms. The molecule has 28 heteroatoms. The number of aliphatic hydroxyl groups excluding tert-OH is 20. The molecule has 0 saturated heterocycles. The lowest BCUT2D eigenvalue weighted by atomic mass is 9.93. The van der Waals surface area contributed by atoms with E-state index in [-0.39, 0.29) is 0 Å². The lowest BCUT2D eigenvalue weighted by Gasteiger charge is -2.23. The van der Waals surface area contributed by atoms with Crippen LogP contribution in [0.5, 0.6) is 0 Å². The van der Waals surface area contributed by atoms with E-state index in [9.17, 15) is 19.2 Å². The number of carboxylic acid groups (broad SMARTS) is 4. The van der Waals surface area contributed by atoms with E-state index in [1.54, 1.807) is 0 Å². The number of rotatable bonds is 24. The largest absolute Gasteiger partial charge is 0.478 e. The maximum Gasteiger partial charge on any atom is 0.327 e. The van der Waals surface area contributed by atoms with Gasteiger partial charge in [0, 0.05) is 24.3 Å². The Morgan fingerprint density at radius 1 is 0.231 bits per heavy atom. The average molecular weight is 969 g/mol. The van der Waals surface area contributed by atoms with Crippen molar-refractivity contribution in [2.24, 2.45) is 27.1 Å². The zero-order valence-corrected chi connectivity index (χ0v) is 36.1. The van der Waals surface area contributed by atoms with Crippen LogP contribution in [0.15, 0.2) is 50.6 Å². The molecule has 28 nitrogen and oxygen atoms in total. The van der Waals surface area contributed by atoms with Gasteiger partial charge in [0.25, 0.3) is 0 Å². The minimum absolute atomic E-state index is 0.406. The molecule has 392 valence electrons. The van der Waals surface area contributed by atoms with Gasteiger partial charge in [-0.15, -0.1) is 0 Å². The first kappa shape index (κ1) is 81.2. The van der Waals surface area contributed by atoms with Gasteiger partial charge in [-0.25, -0.2) is 19.2 Å². The van der Waals surface area contributed by atoms with E-state index < -0.39 is 183 Å². The van der Waals surface area contributed by atoms with Crippen LogP contribution in [-0.2, 0) is 19.2 Å². The maximum absolute atomic E-state index is 9.25. The minimum atomic E-state index is -1.11. The predicted molar refractivity (Wildman–Crippen MR) is 225 cm³/mol. The van der Waals surface area contributed by atoms with E-state index in [0.29, 0.717) is 0 Å². The molecule has 0 spiro atoms. The Morgan fingerprint density at radius 2 is 0.277 bits per heavy atom. The summed E-state index contributed by atoms with van der Waals surface area (Å²) in [5, 5.41) is 200. The summed E-state index contributed by atoms with van der Waals surface area (Å²) in [5.41, 5.74) is -5.56. The highest BCUT2D eigenvalue weighted by Gasteiger charge is 2.29. The SMILES string of the molecule is C=CC(=O)O.C=CC(=O)O.C=CC(=O)O.C=CC(=O)O.OCC(CO)(CO)CO.OCC(CO)(CO)CO.OCC(CO)(CO)CO.OCC(CO)(CO)CO.OCC(CO)(CO)CO. The molecule has 24 N–H and O–H groups in total. The van der Waals surface area contributed by atoms with Crippen LogP contribution in [0.4, 0.5) is 0 Å². The molecular weight excluding hydrogens is 892 g/mol. The smallest absolute Gasteiger partial charge is 0.327 e. The van der Waals surface area contributed by atoms with Crippen molar-refractivity contribution in [2.45, 2.75) is 0 Å². The van der Waals surface area contributed by atoms with Gasteiger partial charge in [0.1, 0.15) is 0 Å². The van der Waals surface area contributed by atoms with Crippen molar-refractivity contribution >= 4 is 23.9 Å². The van der Waals surface area contributed by atoms with Crippen LogP contribution >= 0.6 is 0 Å². The van der Waals surface area contributed by atoms with Crippen molar-refractivity contribution in [3.63, 3.8) is 0 Å². The normalized spacial score (nSPS) is 10.3. The second-order valence-electron chi connectivity index (χ2n) is 12.8. The van der Waals surface area contributed by atoms with Gasteiger partial charge in [0.05, 0.1) is 159 Å². The van der Waals surface area contributed by atoms with Gasteiger partial charge >= 0.3 is 23.9 Å². The van der Waals surface area contributed by atoms with Crippen molar-refractivity contribution in [3.8, 4) is 0 Å². The van der Waals surface area contributed by atoms with Gasteiger partial charge in [0.15, 0.2) is 0 Å². The highest BCUT2D eigenvalue weighted by molar-refractivity contribution is 5.79. The third kappa shape index (κ3) is 49.3. The molecule has 0 aromatic rings. The van der Waals surface area contributed by atoms with Gasteiger partial charge in [-0.1, -0.05) is 26.3 Å². The zero-order valence-electron chi connectivity index (χ0n) is 36.1. The lowest BCUT2D eigenvalue weighted by Crippen LogP contribution is -2.37. The minimum Gasteiger partial charge on any atom is -0.478 e. The summed E-state index contributed by atoms with van der Waals surface area (Å²) in [4.78, 5) is 37.0. The summed E-state index contributed by atoms with van der Waals surface area (Å²) >= 11 is 0. The summed E-state index contributed by atoms with van der Waals surface area (Å²) in [6, 6.07) is 0. The molecule has 0 aliphatic carbocycles. The molecule has 0 unspecified atom stereocenters. The molecule has 0 amide bonds. The second-order valence-corrected chi connectivity index (χ2v) is 12.8. The van der Waals surface area contributed by atoms with E-state index in [4.69, 9.17) is 123 Å². The van der Waals surface area contributed by atoms with Crippen LogP contribution in [0.25, 0.3) is 0 Å². The van der Waals surface area contributed by atoms with Crippen molar-refractivity contribution in [1.82, 2.24) is 0 Å². The van der Waals surface area contributed by atoms with Crippen LogP contribution in [-0.4, -0.2) is 279 Å². The Labute approximate surface area is 375 Å². The Hall–Kier alpha value is -3.96. The van der Waals surface area contributed by atoms with Crippen LogP contribution in [0.1, 0.15) is 0 Å². The van der Waals surface area contributed by atoms with Crippen LogP contribution in [0.2, 0.25) is 0 Å². The van der Waals surface area contributed by atoms with Crippen molar-refractivity contribution in [1.29, 1.82) is 0 Å². The molecule has 0 aromatic heterocycles. The molecule has 0 heterocycles. The quantitative estimate of drug-likeness (QED) is 0.0399. The molecule has 0 atom stereocenters. The van der Waals surface area contributed by atoms with Gasteiger partial charge in [-0.2, -0.15) is 0 Å². The number of carbonyl (C=O) groups is 4. The topological polar surface area (TPSA) is 554 Å². The first-order valence-corrected chi connectivity index (χ1v) is 17.9. The Bertz CT molecular complexity index is 840. The molecule has 65 heavy (non-hydrogen) atoms. The summed E-state index contributed by atoms with van der Waals surface area (Å²) in [5.74, 6) is -3.93. The van der Waals surface area contributed by atoms with Gasteiger partial charge in [-0.3, -0.25) is 0 Å². The molecule has 0 rings (SSSR count). The third-order valence-corrected chi connectivity index (χ3v) is 7.41. The standard InChI is InChI=1S/5C5H12O4.4C3H4O2/c5*6-1-5(2-7,3-8)4-9;4*1-2-3(4)5/h5*6-9H,1-4H2;4*2H,1H2,(H,4,5). The summed E-state index contributed by atoms with van der Waals surface area (Å²) < 4.78 is 0. The van der Waals surface area contributed by atoms with E-state index in [1.807, 2.05) is 0 Å². The van der Waals surface area contributed by atoms with Crippen molar-refractivity contribution in [2.75, 3.05) is 132 Å². The predicted octanol–water partition coefficient (Wildman–Crippen LogP) is -9.26. The fraction of sp³-hybridized carbons (Fsp3) is 0.676. The Balaban J connectivity index is -0.0000000785. The van der Waals surface area contributed by atoms with E-state index in [1.165, 1.54) is 0 Å². The maximum atomic E-state index is 9.25. The summed E-state index contributed by atoms with van der Waals surface area (Å²) in [6.07, 6.45) is 3.33. The number of aliphatic hydroxyl groups is 20. The molecule has 0 aliphatic heterocycles. The Kier molecular flexibility index (Phi) is 68.0. The first-order chi connectivity index (χ1) is 30.3. The summed E-state index contributed by atoms with van der Waals surface area (Å²) in [6.45, 7) is 3.72. The van der Waals surface area contributed by atoms with E-state index in [2.05, 4.69) is 26.3 Å². The number of aliphatic carboxylic acids is 4. The molecule has 0 radical (unpaired) electrons. The van der Waals surface area contributed by atoms with Gasteiger partial charge < -0.3 is 123 Å². The van der Waals surface area contributed by atoms with Crippen LogP contribution in [0.3, 0.4) is 0 Å². The molecule has 0 aromatic carbocycles. The molecule has 0 saturated carbocycles. The molecular formula is C37H76O28. The van der Waals surface area contributed by atoms with Crippen molar-refractivity contribution in [3.05, 3.63) is 50.6 Å². The lowest BCUT2D eigenvalue weighted by molar-refractivity contribution is -0.132.